The van der Waals surface area contributed by atoms with E-state index >= 15 is 0 Å². The van der Waals surface area contributed by atoms with Crippen LogP contribution in [0.3, 0.4) is 0 Å². The maximum Gasteiger partial charge on any atom is 0.143 e. The third-order valence-electron chi connectivity index (χ3n) is 5.42. The normalized spacial score (nSPS) is 41.4. The van der Waals surface area contributed by atoms with E-state index in [1.807, 2.05) is 0 Å². The number of amidine groups is 1. The van der Waals surface area contributed by atoms with Crippen LogP contribution < -0.4 is 5.73 Å². The Morgan fingerprint density at radius 3 is 2.83 bits per heavy atom. The largest absolute Gasteiger partial charge is 0.409 e. The van der Waals surface area contributed by atoms with E-state index in [1.54, 1.807) is 0 Å². The summed E-state index contributed by atoms with van der Waals surface area (Å²) in [6, 6.07) is 0. The predicted molar refractivity (Wildman–Crippen MR) is 71.5 cm³/mol. The molecule has 3 N–H and O–H groups in total. The highest BCUT2D eigenvalue weighted by molar-refractivity contribution is 5.82. The Hall–Kier alpha value is -0.770. The van der Waals surface area contributed by atoms with Crippen LogP contribution in [0.25, 0.3) is 0 Å². The molecule has 2 bridgehead atoms. The Kier molecular flexibility index (Phi) is 3.46. The Morgan fingerprint density at radius 2 is 2.17 bits per heavy atom. The van der Waals surface area contributed by atoms with Gasteiger partial charge in [-0.25, -0.2) is 0 Å². The summed E-state index contributed by atoms with van der Waals surface area (Å²) in [5.41, 5.74) is 5.75. The van der Waals surface area contributed by atoms with E-state index in [0.29, 0.717) is 5.84 Å². The first-order valence-corrected chi connectivity index (χ1v) is 7.46. The van der Waals surface area contributed by atoms with Crippen molar-refractivity contribution in [1.29, 1.82) is 0 Å². The van der Waals surface area contributed by atoms with Crippen molar-refractivity contribution in [2.24, 2.45) is 34.6 Å². The molecule has 0 aromatic rings. The van der Waals surface area contributed by atoms with Gasteiger partial charge in [-0.1, -0.05) is 11.6 Å². The molecular formula is C14H25N3O. The molecule has 4 nitrogen and oxygen atoms in total. The lowest BCUT2D eigenvalue weighted by Crippen LogP contribution is -2.43. The molecule has 2 saturated carbocycles. The van der Waals surface area contributed by atoms with Crippen LogP contribution in [0.1, 0.15) is 38.5 Å². The van der Waals surface area contributed by atoms with Crippen LogP contribution in [0.15, 0.2) is 5.16 Å². The Labute approximate surface area is 109 Å². The van der Waals surface area contributed by atoms with Gasteiger partial charge in [0.1, 0.15) is 5.84 Å². The molecule has 18 heavy (non-hydrogen) atoms. The molecule has 4 heteroatoms. The van der Waals surface area contributed by atoms with Crippen molar-refractivity contribution in [3.63, 3.8) is 0 Å². The van der Waals surface area contributed by atoms with Crippen molar-refractivity contribution in [3.05, 3.63) is 0 Å². The summed E-state index contributed by atoms with van der Waals surface area (Å²) in [6.45, 7) is 3.43. The van der Waals surface area contributed by atoms with Crippen molar-refractivity contribution < 1.29 is 5.21 Å². The third-order valence-corrected chi connectivity index (χ3v) is 5.42. The molecule has 0 aromatic carbocycles. The lowest BCUT2D eigenvalue weighted by molar-refractivity contribution is 0.149. The fraction of sp³-hybridized carbons (Fsp3) is 0.929. The van der Waals surface area contributed by atoms with Gasteiger partial charge >= 0.3 is 0 Å². The average molecular weight is 251 g/mol. The van der Waals surface area contributed by atoms with Crippen molar-refractivity contribution in [1.82, 2.24) is 4.90 Å². The molecular weight excluding hydrogens is 226 g/mol. The third kappa shape index (κ3) is 2.35. The maximum atomic E-state index is 8.79. The minimum atomic E-state index is 0.266. The number of nitrogens with zero attached hydrogens (tertiary/aromatic N) is 2. The monoisotopic (exact) mass is 251 g/mol. The van der Waals surface area contributed by atoms with E-state index in [1.165, 1.54) is 45.2 Å². The lowest BCUT2D eigenvalue weighted by atomic mass is 9.87. The molecule has 0 radical (unpaired) electrons. The number of piperidine rings is 1. The van der Waals surface area contributed by atoms with Gasteiger partial charge in [-0.15, -0.1) is 0 Å². The fourth-order valence-electron chi connectivity index (χ4n) is 4.48. The molecule has 3 aliphatic rings. The first-order chi connectivity index (χ1) is 8.76. The SMILES string of the molecule is NC(=NO)C1CCCN(CC2CC3CCC2C3)C1. The van der Waals surface area contributed by atoms with E-state index in [-0.39, 0.29) is 5.92 Å². The summed E-state index contributed by atoms with van der Waals surface area (Å²) in [4.78, 5) is 2.55. The van der Waals surface area contributed by atoms with Gasteiger partial charge in [0.15, 0.2) is 0 Å². The predicted octanol–water partition coefficient (Wildman–Crippen LogP) is 1.88. The fourth-order valence-corrected chi connectivity index (χ4v) is 4.48. The van der Waals surface area contributed by atoms with Crippen LogP contribution in [-0.4, -0.2) is 35.6 Å². The minimum Gasteiger partial charge on any atom is -0.409 e. The van der Waals surface area contributed by atoms with Crippen molar-refractivity contribution in [2.45, 2.75) is 38.5 Å². The van der Waals surface area contributed by atoms with Gasteiger partial charge in [0, 0.05) is 19.0 Å². The van der Waals surface area contributed by atoms with Gasteiger partial charge in [0.2, 0.25) is 0 Å². The number of likely N-dealkylation sites (tertiary alicyclic amines) is 1. The van der Waals surface area contributed by atoms with Gasteiger partial charge in [-0.2, -0.15) is 0 Å². The van der Waals surface area contributed by atoms with Crippen molar-refractivity contribution in [3.8, 4) is 0 Å². The zero-order valence-electron chi connectivity index (χ0n) is 11.1. The van der Waals surface area contributed by atoms with Gasteiger partial charge in [-0.3, -0.25) is 0 Å². The number of fused-ring (bicyclic) bond motifs is 2. The first-order valence-electron chi connectivity index (χ1n) is 7.46. The zero-order chi connectivity index (χ0) is 12.5. The maximum absolute atomic E-state index is 8.79. The van der Waals surface area contributed by atoms with Crippen LogP contribution in [0.5, 0.6) is 0 Å². The molecule has 0 spiro atoms. The lowest BCUT2D eigenvalue weighted by Gasteiger charge is -2.35. The molecule has 0 aromatic heterocycles. The molecule has 4 atom stereocenters. The summed E-state index contributed by atoms with van der Waals surface area (Å²) in [7, 11) is 0. The topological polar surface area (TPSA) is 61.9 Å². The molecule has 2 aliphatic carbocycles. The second-order valence-electron chi connectivity index (χ2n) is 6.56. The van der Waals surface area contributed by atoms with E-state index in [0.717, 1.165) is 30.7 Å². The number of hydrogen-bond donors (Lipinski definition) is 2. The van der Waals surface area contributed by atoms with Crippen LogP contribution in [-0.2, 0) is 0 Å². The summed E-state index contributed by atoms with van der Waals surface area (Å²) in [5.74, 6) is 3.65. The molecule has 4 unspecified atom stereocenters. The average Bonchev–Trinajstić information content (AvgIpc) is 3.00. The highest BCUT2D eigenvalue weighted by Crippen LogP contribution is 2.48. The summed E-state index contributed by atoms with van der Waals surface area (Å²) in [5, 5.41) is 12.0. The van der Waals surface area contributed by atoms with Gasteiger partial charge in [-0.05, 0) is 56.4 Å². The Balaban J connectivity index is 1.53. The number of nitrogens with two attached hydrogens (primary N) is 1. The summed E-state index contributed by atoms with van der Waals surface area (Å²) >= 11 is 0. The number of hydrogen-bond acceptors (Lipinski definition) is 3. The number of oxime groups is 1. The van der Waals surface area contributed by atoms with Crippen LogP contribution >= 0.6 is 0 Å². The molecule has 1 saturated heterocycles. The smallest absolute Gasteiger partial charge is 0.143 e. The Bertz CT molecular complexity index is 331. The van der Waals surface area contributed by atoms with Crippen LogP contribution in [0.2, 0.25) is 0 Å². The standard InChI is InChI=1S/C14H25N3O/c15-14(16-18)12-2-1-5-17(8-12)9-13-7-10-3-4-11(13)6-10/h10-13,18H,1-9H2,(H2,15,16). The summed E-state index contributed by atoms with van der Waals surface area (Å²) < 4.78 is 0. The van der Waals surface area contributed by atoms with E-state index in [2.05, 4.69) is 10.1 Å². The highest BCUT2D eigenvalue weighted by atomic mass is 16.4. The zero-order valence-corrected chi connectivity index (χ0v) is 11.1. The second-order valence-corrected chi connectivity index (χ2v) is 6.56. The van der Waals surface area contributed by atoms with Gasteiger partial charge in [0.25, 0.3) is 0 Å². The van der Waals surface area contributed by atoms with E-state index in [9.17, 15) is 0 Å². The van der Waals surface area contributed by atoms with Crippen molar-refractivity contribution >= 4 is 5.84 Å². The highest BCUT2D eigenvalue weighted by Gasteiger charge is 2.40. The molecule has 3 fully saturated rings. The second kappa shape index (κ2) is 5.08. The van der Waals surface area contributed by atoms with E-state index in [4.69, 9.17) is 10.9 Å². The Morgan fingerprint density at radius 1 is 1.28 bits per heavy atom. The first kappa shape index (κ1) is 12.3. The molecule has 102 valence electrons. The minimum absolute atomic E-state index is 0.266. The molecule has 1 aliphatic heterocycles. The van der Waals surface area contributed by atoms with E-state index < -0.39 is 0 Å². The molecule has 0 amide bonds. The number of rotatable bonds is 3. The molecule has 3 rings (SSSR count). The van der Waals surface area contributed by atoms with Crippen molar-refractivity contribution in [2.75, 3.05) is 19.6 Å². The quantitative estimate of drug-likeness (QED) is 0.348. The van der Waals surface area contributed by atoms with Gasteiger partial charge in [0.05, 0.1) is 0 Å². The van der Waals surface area contributed by atoms with Crippen LogP contribution in [0.4, 0.5) is 0 Å². The summed E-state index contributed by atoms with van der Waals surface area (Å²) in [6.07, 6.45) is 8.14. The van der Waals surface area contributed by atoms with Gasteiger partial charge < -0.3 is 15.8 Å². The molecule has 1 heterocycles. The van der Waals surface area contributed by atoms with Crippen LogP contribution in [0, 0.1) is 23.7 Å².